The van der Waals surface area contributed by atoms with Crippen LogP contribution in [0.2, 0.25) is 0 Å². The molecular weight excluding hydrogens is 1320 g/mol. The Hall–Kier alpha value is -12.4. The first-order chi connectivity index (χ1) is 50.9. The second-order valence-corrected chi connectivity index (χ2v) is 27.9. The molecule has 0 bridgehead atoms. The van der Waals surface area contributed by atoms with Crippen LogP contribution >= 0.6 is 0 Å². The number of benzene rings is 14. The molecule has 0 aromatic heterocycles. The molecule has 18 rings (SSSR count). The van der Waals surface area contributed by atoms with Gasteiger partial charge in [0.2, 0.25) is 0 Å². The number of nitrogens with zero attached hydrogens (tertiary/aromatic N) is 2. The standard InChI is InChI=1S/C95H62F8N2/c1-7-57-29-33-59(34-30-57)93(77-45-53(3)25-27-55(77)5)73-21-13-9-17-65(73)69-41-37-61(47-79(69)93)104(91-85(98)51-83(96)87(100)89(91)102)63-39-43-71-67-19-11-15-23-75(67)95(81(71)49-63)76-24-16-12-20-68(76)72-44-40-64(50-82(72)95)105(92-86(99)52-84(97)88(101)90(92)103)62-38-42-70-66-18-10-14-22-74(66)94(80(70)48-62,60-35-31-58(8-2)32-36-60)78-46-54(4)26-28-56(78)6/h7-52H,1-2H2,3-6H3. The van der Waals surface area contributed by atoms with Gasteiger partial charge in [-0.3, -0.25) is 0 Å². The van der Waals surface area contributed by atoms with Crippen molar-refractivity contribution in [1.82, 2.24) is 0 Å². The van der Waals surface area contributed by atoms with Crippen LogP contribution in [0.25, 0.3) is 56.7 Å². The quantitative estimate of drug-likeness (QED) is 0.0683. The molecule has 0 heterocycles. The topological polar surface area (TPSA) is 6.48 Å². The molecule has 508 valence electrons. The fourth-order valence-electron chi connectivity index (χ4n) is 18.1. The van der Waals surface area contributed by atoms with Crippen molar-refractivity contribution in [3.8, 4) is 44.5 Å². The summed E-state index contributed by atoms with van der Waals surface area (Å²) in [5.74, 6) is -13.5. The third kappa shape index (κ3) is 9.02. The van der Waals surface area contributed by atoms with Crippen molar-refractivity contribution in [2.45, 2.75) is 43.9 Å². The number of aryl methyl sites for hydroxylation is 4. The third-order valence-electron chi connectivity index (χ3n) is 22.5. The van der Waals surface area contributed by atoms with Crippen molar-refractivity contribution < 1.29 is 35.1 Å². The lowest BCUT2D eigenvalue weighted by Gasteiger charge is -2.36. The van der Waals surface area contributed by atoms with Crippen molar-refractivity contribution in [3.05, 3.63) is 427 Å². The van der Waals surface area contributed by atoms with Crippen molar-refractivity contribution in [2.75, 3.05) is 9.80 Å². The van der Waals surface area contributed by atoms with E-state index in [-0.39, 0.29) is 22.7 Å². The van der Waals surface area contributed by atoms with E-state index in [9.17, 15) is 0 Å². The van der Waals surface area contributed by atoms with Crippen LogP contribution < -0.4 is 9.80 Å². The maximum Gasteiger partial charge on any atom is 0.196 e. The minimum absolute atomic E-state index is 0.160. The Kier molecular flexibility index (Phi) is 14.7. The summed E-state index contributed by atoms with van der Waals surface area (Å²) >= 11 is 0. The largest absolute Gasteiger partial charge is 0.305 e. The van der Waals surface area contributed by atoms with E-state index in [0.717, 1.165) is 122 Å². The molecule has 0 saturated heterocycles. The van der Waals surface area contributed by atoms with Gasteiger partial charge in [-0.2, -0.15) is 0 Å². The van der Waals surface area contributed by atoms with Crippen molar-refractivity contribution in [1.29, 1.82) is 0 Å². The molecule has 4 aliphatic carbocycles. The summed E-state index contributed by atoms with van der Waals surface area (Å²) in [6, 6.07) is 83.5. The zero-order chi connectivity index (χ0) is 72.3. The Morgan fingerprint density at radius 3 is 0.857 bits per heavy atom. The highest BCUT2D eigenvalue weighted by Crippen LogP contribution is 2.66. The molecule has 0 fully saturated rings. The smallest absolute Gasteiger partial charge is 0.196 e. The second-order valence-electron chi connectivity index (χ2n) is 27.9. The Balaban J connectivity index is 0.894. The Bertz CT molecular complexity index is 5720. The Morgan fingerprint density at radius 2 is 0.543 bits per heavy atom. The van der Waals surface area contributed by atoms with E-state index in [1.54, 1.807) is 36.4 Å². The number of halogens is 8. The molecule has 4 aliphatic rings. The average Bonchev–Trinajstić information content (AvgIpc) is 1.50. The van der Waals surface area contributed by atoms with Gasteiger partial charge in [-0.05, 0) is 210 Å². The molecule has 2 atom stereocenters. The lowest BCUT2D eigenvalue weighted by atomic mass is 9.66. The molecule has 0 N–H and O–H groups in total. The van der Waals surface area contributed by atoms with E-state index in [1.165, 1.54) is 9.80 Å². The summed E-state index contributed by atoms with van der Waals surface area (Å²) in [6.45, 7) is 16.3. The fourth-order valence-corrected chi connectivity index (χ4v) is 18.1. The molecule has 14 aromatic carbocycles. The first kappa shape index (κ1) is 64.7. The number of anilines is 6. The van der Waals surface area contributed by atoms with Gasteiger partial charge >= 0.3 is 0 Å². The predicted molar refractivity (Wildman–Crippen MR) is 406 cm³/mol. The zero-order valence-corrected chi connectivity index (χ0v) is 57.4. The third-order valence-corrected chi connectivity index (χ3v) is 22.5. The minimum atomic E-state index is -1.88. The van der Waals surface area contributed by atoms with Gasteiger partial charge in [-0.25, -0.2) is 35.1 Å². The fraction of sp³-hybridized carbons (Fsp3) is 0.0737. The summed E-state index contributed by atoms with van der Waals surface area (Å²) in [4.78, 5) is 2.63. The maximum absolute atomic E-state index is 17.6. The molecule has 0 aliphatic heterocycles. The second kappa shape index (κ2) is 23.8. The van der Waals surface area contributed by atoms with Gasteiger partial charge in [0.15, 0.2) is 46.5 Å². The van der Waals surface area contributed by atoms with E-state index in [2.05, 4.69) is 112 Å². The van der Waals surface area contributed by atoms with Crippen molar-refractivity contribution in [2.24, 2.45) is 0 Å². The van der Waals surface area contributed by atoms with Crippen molar-refractivity contribution in [3.63, 3.8) is 0 Å². The van der Waals surface area contributed by atoms with Gasteiger partial charge in [-0.1, -0.05) is 243 Å². The van der Waals surface area contributed by atoms with Gasteiger partial charge in [-0.15, -0.1) is 0 Å². The molecule has 0 radical (unpaired) electrons. The van der Waals surface area contributed by atoms with Crippen LogP contribution in [0, 0.1) is 74.2 Å². The summed E-state index contributed by atoms with van der Waals surface area (Å²) in [6.07, 6.45) is 3.55. The summed E-state index contributed by atoms with van der Waals surface area (Å²) in [5.41, 5.74) is 17.7. The van der Waals surface area contributed by atoms with E-state index in [4.69, 9.17) is 0 Å². The number of fused-ring (bicyclic) bond motifs is 16. The molecule has 2 unspecified atom stereocenters. The highest BCUT2D eigenvalue weighted by Gasteiger charge is 2.54. The molecule has 2 nitrogen and oxygen atoms in total. The normalized spacial score (nSPS) is 16.6. The highest BCUT2D eigenvalue weighted by atomic mass is 19.2. The van der Waals surface area contributed by atoms with Gasteiger partial charge in [0.1, 0.15) is 11.4 Å². The maximum atomic E-state index is 17.6. The number of rotatable bonds is 12. The van der Waals surface area contributed by atoms with Crippen LogP contribution in [-0.2, 0) is 16.2 Å². The monoisotopic (exact) mass is 1380 g/mol. The summed E-state index contributed by atoms with van der Waals surface area (Å²) in [5, 5.41) is 0. The van der Waals surface area contributed by atoms with Crippen LogP contribution in [0.4, 0.5) is 69.2 Å². The first-order valence-electron chi connectivity index (χ1n) is 34.8. The SMILES string of the molecule is C=Cc1ccc(C2(c3cc(C)ccc3C)c3ccccc3-c3ccc(N(c4ccc5c(c4)C4(c6ccccc6-5)c5ccccc5-c5ccc(N(c6ccc7c(c6)C(c6ccc(C=C)cc6)(c6cc(C)ccc6C)c6ccccc6-7)c6c(F)cc(F)c(F)c6F)cc54)c4c(F)cc(F)c(F)c4F)cc32)cc1. The lowest BCUT2D eigenvalue weighted by molar-refractivity contribution is 0.436. The molecule has 14 aromatic rings. The van der Waals surface area contributed by atoms with Gasteiger partial charge in [0.25, 0.3) is 0 Å². The lowest BCUT2D eigenvalue weighted by Crippen LogP contribution is -2.30. The Labute approximate surface area is 603 Å². The molecule has 0 saturated carbocycles. The van der Waals surface area contributed by atoms with Gasteiger partial charge in [0, 0.05) is 34.9 Å². The first-order valence-corrected chi connectivity index (χ1v) is 34.8. The predicted octanol–water partition coefficient (Wildman–Crippen LogP) is 25.3. The van der Waals surface area contributed by atoms with Crippen LogP contribution in [0.15, 0.2) is 280 Å². The van der Waals surface area contributed by atoms with Crippen LogP contribution in [0.3, 0.4) is 0 Å². The zero-order valence-electron chi connectivity index (χ0n) is 57.4. The molecule has 1 spiro atoms. The molecular formula is C95H62F8N2. The van der Waals surface area contributed by atoms with E-state index < -0.39 is 74.2 Å². The Morgan fingerprint density at radius 1 is 0.257 bits per heavy atom. The van der Waals surface area contributed by atoms with Gasteiger partial charge < -0.3 is 9.80 Å². The van der Waals surface area contributed by atoms with Crippen LogP contribution in [0.1, 0.15) is 100 Å². The van der Waals surface area contributed by atoms with Gasteiger partial charge in [0.05, 0.1) is 16.2 Å². The van der Waals surface area contributed by atoms with Crippen molar-refractivity contribution >= 4 is 46.3 Å². The molecule has 105 heavy (non-hydrogen) atoms. The van der Waals surface area contributed by atoms with E-state index in [0.29, 0.717) is 34.4 Å². The molecule has 10 heteroatoms. The number of hydrogen-bond donors (Lipinski definition) is 0. The highest BCUT2D eigenvalue weighted by molar-refractivity contribution is 5.99. The average molecular weight is 1380 g/mol. The van der Waals surface area contributed by atoms with Crippen LogP contribution in [-0.4, -0.2) is 0 Å². The van der Waals surface area contributed by atoms with Crippen LogP contribution in [0.5, 0.6) is 0 Å². The summed E-state index contributed by atoms with van der Waals surface area (Å²) in [7, 11) is 0. The summed E-state index contributed by atoms with van der Waals surface area (Å²) < 4.78 is 134. The molecule has 0 amide bonds. The van der Waals surface area contributed by atoms with E-state index in [1.807, 2.05) is 159 Å². The number of hydrogen-bond acceptors (Lipinski definition) is 2. The van der Waals surface area contributed by atoms with E-state index >= 15 is 35.1 Å². The minimum Gasteiger partial charge on any atom is -0.305 e.